The molecule has 6 aromatic carbocycles. The van der Waals surface area contributed by atoms with Gasteiger partial charge >= 0.3 is 11.8 Å². The summed E-state index contributed by atoms with van der Waals surface area (Å²) >= 11 is 0. The van der Waals surface area contributed by atoms with E-state index in [0.717, 1.165) is 0 Å². The Labute approximate surface area is 318 Å². The SMILES string of the molecule is Cc1cc(C(=O)Nc2ccc3c(S(=O)(=O)O)cccc3c2O)ccc1NC(=O)C(=O)Nc1ccc(C(=O)Nc2ccc3c(S(=O)(=O)O)cccc3c2O)cc1C. The summed E-state index contributed by atoms with van der Waals surface area (Å²) in [6.45, 7) is 3.16. The van der Waals surface area contributed by atoms with Gasteiger partial charge in [-0.1, -0.05) is 36.4 Å². The highest BCUT2D eigenvalue weighted by Gasteiger charge is 2.21. The summed E-state index contributed by atoms with van der Waals surface area (Å²) in [7, 11) is -9.16. The number of rotatable bonds is 8. The second kappa shape index (κ2) is 14.8. The number of amides is 4. The van der Waals surface area contributed by atoms with Crippen molar-refractivity contribution in [2.24, 2.45) is 0 Å². The first-order valence-electron chi connectivity index (χ1n) is 16.2. The number of carbonyl (C=O) groups is 4. The van der Waals surface area contributed by atoms with Gasteiger partial charge in [-0.15, -0.1) is 0 Å². The van der Waals surface area contributed by atoms with Crippen LogP contribution in [0, 0.1) is 13.8 Å². The molecule has 0 fully saturated rings. The first kappa shape index (κ1) is 38.9. The molecule has 0 aliphatic heterocycles. The number of hydrogen-bond donors (Lipinski definition) is 8. The van der Waals surface area contributed by atoms with Crippen LogP contribution in [0.1, 0.15) is 31.8 Å². The maximum absolute atomic E-state index is 13.0. The van der Waals surface area contributed by atoms with Crippen molar-refractivity contribution in [3.05, 3.63) is 119 Å². The van der Waals surface area contributed by atoms with E-state index in [0.29, 0.717) is 11.1 Å². The minimum atomic E-state index is -4.58. The van der Waals surface area contributed by atoms with Gasteiger partial charge < -0.3 is 31.5 Å². The Kier molecular flexibility index (Phi) is 10.2. The number of hydrogen-bond acceptors (Lipinski definition) is 10. The Bertz CT molecular complexity index is 2700. The van der Waals surface area contributed by atoms with E-state index in [1.807, 2.05) is 0 Å². The van der Waals surface area contributed by atoms with E-state index < -0.39 is 65.2 Å². The van der Waals surface area contributed by atoms with E-state index in [1.54, 1.807) is 13.8 Å². The summed E-state index contributed by atoms with van der Waals surface area (Å²) in [5.74, 6) is -4.24. The molecule has 0 radical (unpaired) electrons. The number of benzene rings is 6. The molecule has 6 aromatic rings. The van der Waals surface area contributed by atoms with Crippen LogP contribution in [-0.4, -0.2) is 59.8 Å². The second-order valence-corrected chi connectivity index (χ2v) is 15.2. The van der Waals surface area contributed by atoms with Crippen molar-refractivity contribution < 1.29 is 55.3 Å². The van der Waals surface area contributed by atoms with Crippen LogP contribution >= 0.6 is 0 Å². The van der Waals surface area contributed by atoms with Gasteiger partial charge in [0.1, 0.15) is 21.3 Å². The number of aromatic hydroxyl groups is 2. The summed E-state index contributed by atoms with van der Waals surface area (Å²) in [4.78, 5) is 50.9. The average molecular weight is 799 g/mol. The Morgan fingerprint density at radius 1 is 0.464 bits per heavy atom. The maximum Gasteiger partial charge on any atom is 0.314 e. The monoisotopic (exact) mass is 798 g/mol. The Morgan fingerprint density at radius 3 is 1.16 bits per heavy atom. The first-order chi connectivity index (χ1) is 26.3. The Hall–Kier alpha value is -6.86. The van der Waals surface area contributed by atoms with Crippen LogP contribution in [0.25, 0.3) is 21.5 Å². The molecule has 6 rings (SSSR count). The minimum absolute atomic E-state index is 0.0333. The molecule has 4 amide bonds. The molecular formula is C38H30N4O12S2. The predicted molar refractivity (Wildman–Crippen MR) is 206 cm³/mol. The molecule has 0 atom stereocenters. The molecule has 8 N–H and O–H groups in total. The molecule has 16 nitrogen and oxygen atoms in total. The van der Waals surface area contributed by atoms with E-state index in [1.165, 1.54) is 97.1 Å². The number of aryl methyl sites for hydroxylation is 2. The minimum Gasteiger partial charge on any atom is -0.505 e. The standard InChI is InChI=1S/C38H30N4O12S2/c1-19-17-21(35(45)41-29-15-11-23-25(33(29)43)5-3-7-31(23)55(49,50)51)9-13-27(19)39-37(47)38(48)40-28-14-10-22(18-20(28)2)36(46)42-30-16-12-24-26(34(30)44)6-4-8-32(24)56(52,53)54/h3-18,43-44H,1-2H3,(H,39,47)(H,40,48)(H,41,45)(H,42,46)(H,49,50,51)(H,52,53,54). The van der Waals surface area contributed by atoms with Crippen molar-refractivity contribution in [1.29, 1.82) is 0 Å². The van der Waals surface area contributed by atoms with Gasteiger partial charge in [-0.05, 0) is 85.6 Å². The smallest absolute Gasteiger partial charge is 0.314 e. The number of anilines is 4. The summed E-state index contributed by atoms with van der Waals surface area (Å²) < 4.78 is 65.9. The van der Waals surface area contributed by atoms with Crippen LogP contribution in [0.4, 0.5) is 22.7 Å². The zero-order valence-corrected chi connectivity index (χ0v) is 30.7. The Balaban J connectivity index is 1.09. The van der Waals surface area contributed by atoms with Crippen LogP contribution in [0.3, 0.4) is 0 Å². The molecule has 0 aliphatic rings. The number of phenolic OH excluding ortho intramolecular Hbond substituents is 2. The molecule has 0 heterocycles. The lowest BCUT2D eigenvalue weighted by Crippen LogP contribution is -2.29. The predicted octanol–water partition coefficient (Wildman–Crippen LogP) is 5.60. The molecule has 0 unspecified atom stereocenters. The molecule has 18 heteroatoms. The van der Waals surface area contributed by atoms with E-state index in [9.17, 15) is 55.3 Å². The van der Waals surface area contributed by atoms with Gasteiger partial charge in [0.25, 0.3) is 32.1 Å². The lowest BCUT2D eigenvalue weighted by Gasteiger charge is -2.14. The quantitative estimate of drug-likeness (QED) is 0.0532. The van der Waals surface area contributed by atoms with Gasteiger partial charge in [0.2, 0.25) is 0 Å². The van der Waals surface area contributed by atoms with Gasteiger partial charge in [0.05, 0.1) is 11.4 Å². The molecule has 0 bridgehead atoms. The third kappa shape index (κ3) is 7.84. The van der Waals surface area contributed by atoms with Crippen molar-refractivity contribution in [2.75, 3.05) is 21.3 Å². The maximum atomic E-state index is 13.0. The highest BCUT2D eigenvalue weighted by molar-refractivity contribution is 7.86. The highest BCUT2D eigenvalue weighted by atomic mass is 32.2. The first-order valence-corrected chi connectivity index (χ1v) is 19.1. The van der Waals surface area contributed by atoms with Gasteiger partial charge in [-0.25, -0.2) is 0 Å². The van der Waals surface area contributed by atoms with E-state index in [2.05, 4.69) is 21.3 Å². The van der Waals surface area contributed by atoms with E-state index in [4.69, 9.17) is 0 Å². The lowest BCUT2D eigenvalue weighted by molar-refractivity contribution is -0.133. The molecule has 0 saturated carbocycles. The van der Waals surface area contributed by atoms with Gasteiger partial charge in [0.15, 0.2) is 0 Å². The van der Waals surface area contributed by atoms with Gasteiger partial charge in [-0.3, -0.25) is 28.3 Å². The fourth-order valence-corrected chi connectivity index (χ4v) is 7.33. The van der Waals surface area contributed by atoms with Crippen molar-refractivity contribution in [1.82, 2.24) is 0 Å². The normalized spacial score (nSPS) is 11.6. The molecule has 0 saturated heterocycles. The van der Waals surface area contributed by atoms with E-state index in [-0.39, 0.29) is 55.4 Å². The second-order valence-electron chi connectivity index (χ2n) is 12.5. The van der Waals surface area contributed by atoms with Crippen LogP contribution in [0.5, 0.6) is 11.5 Å². The number of fused-ring (bicyclic) bond motifs is 2. The molecular weight excluding hydrogens is 769 g/mol. The zero-order chi connectivity index (χ0) is 40.7. The van der Waals surface area contributed by atoms with Crippen molar-refractivity contribution >= 4 is 88.2 Å². The van der Waals surface area contributed by atoms with Crippen LogP contribution < -0.4 is 21.3 Å². The van der Waals surface area contributed by atoms with Crippen molar-refractivity contribution in [3.8, 4) is 11.5 Å². The highest BCUT2D eigenvalue weighted by Crippen LogP contribution is 2.37. The fourth-order valence-electron chi connectivity index (χ4n) is 5.92. The van der Waals surface area contributed by atoms with Crippen LogP contribution in [-0.2, 0) is 29.8 Å². The fraction of sp³-hybridized carbons (Fsp3) is 0.0526. The van der Waals surface area contributed by atoms with Crippen molar-refractivity contribution in [3.63, 3.8) is 0 Å². The molecule has 0 spiro atoms. The molecule has 56 heavy (non-hydrogen) atoms. The summed E-state index contributed by atoms with van der Waals surface area (Å²) in [6.07, 6.45) is 0. The summed E-state index contributed by atoms with van der Waals surface area (Å²) in [5, 5.41) is 31.7. The zero-order valence-electron chi connectivity index (χ0n) is 29.1. The number of phenols is 2. The largest absolute Gasteiger partial charge is 0.505 e. The van der Waals surface area contributed by atoms with Crippen LogP contribution in [0.2, 0.25) is 0 Å². The molecule has 0 aromatic heterocycles. The number of carbonyl (C=O) groups excluding carboxylic acids is 4. The molecule has 0 aliphatic carbocycles. The van der Waals surface area contributed by atoms with Crippen molar-refractivity contribution in [2.45, 2.75) is 23.6 Å². The summed E-state index contributed by atoms with van der Waals surface area (Å²) in [5.41, 5.74) is 1.41. The topological polar surface area (TPSA) is 266 Å². The lowest BCUT2D eigenvalue weighted by atomic mass is 10.1. The summed E-state index contributed by atoms with van der Waals surface area (Å²) in [6, 6.07) is 21.4. The molecule has 286 valence electrons. The third-order valence-electron chi connectivity index (χ3n) is 8.72. The average Bonchev–Trinajstić information content (AvgIpc) is 3.14. The third-order valence-corrected chi connectivity index (χ3v) is 10.5. The van der Waals surface area contributed by atoms with Gasteiger partial charge in [-0.2, -0.15) is 16.8 Å². The van der Waals surface area contributed by atoms with Gasteiger partial charge in [0, 0.05) is 44.0 Å². The Morgan fingerprint density at radius 2 is 0.821 bits per heavy atom. The number of nitrogens with one attached hydrogen (secondary N) is 4. The van der Waals surface area contributed by atoms with Crippen LogP contribution in [0.15, 0.2) is 107 Å². The van der Waals surface area contributed by atoms with E-state index >= 15 is 0 Å².